The van der Waals surface area contributed by atoms with Gasteiger partial charge in [-0.1, -0.05) is 30.0 Å². The van der Waals surface area contributed by atoms with Crippen LogP contribution in [-0.2, 0) is 6.42 Å². The molecule has 0 aliphatic rings. The fraction of sp³-hybridized carbons (Fsp3) is 0.227. The van der Waals surface area contributed by atoms with E-state index in [1.807, 2.05) is 25.3 Å². The highest BCUT2D eigenvalue weighted by molar-refractivity contribution is 7.99. The van der Waals surface area contributed by atoms with Crippen LogP contribution < -0.4 is 5.43 Å². The average molecular weight is 468 g/mol. The molecule has 1 aromatic carbocycles. The van der Waals surface area contributed by atoms with E-state index < -0.39 is 0 Å². The van der Waals surface area contributed by atoms with E-state index in [4.69, 9.17) is 4.42 Å². The summed E-state index contributed by atoms with van der Waals surface area (Å²) in [6.07, 6.45) is 0.466. The first-order valence-electron chi connectivity index (χ1n) is 9.85. The number of hydrogen-bond acceptors (Lipinski definition) is 8. The van der Waals surface area contributed by atoms with Crippen LogP contribution in [0.3, 0.4) is 0 Å². The average Bonchev–Trinajstić information content (AvgIpc) is 3.48. The zero-order valence-electron chi connectivity index (χ0n) is 17.8. The van der Waals surface area contributed by atoms with Crippen LogP contribution in [-0.4, -0.2) is 37.3 Å². The van der Waals surface area contributed by atoms with E-state index in [1.54, 1.807) is 53.3 Å². The molecule has 0 unspecified atom stereocenters. The largest absolute Gasteiger partial charge is 0.416 e. The SMILES string of the molecule is Cc1nc(Cc2nnc(SCC(=O)c3cc(C)n(NC(=O)c4ccccc4)c3C)o2)cs1. The Kier molecular flexibility index (Phi) is 6.52. The molecule has 0 saturated heterocycles. The molecular formula is C22H21N5O3S2. The van der Waals surface area contributed by atoms with Crippen molar-refractivity contribution in [2.45, 2.75) is 32.4 Å². The van der Waals surface area contributed by atoms with Gasteiger partial charge in [0, 0.05) is 27.9 Å². The van der Waals surface area contributed by atoms with Crippen molar-refractivity contribution in [3.05, 3.63) is 80.9 Å². The summed E-state index contributed by atoms with van der Waals surface area (Å²) in [7, 11) is 0. The Bertz CT molecular complexity index is 1260. The summed E-state index contributed by atoms with van der Waals surface area (Å²) in [5.74, 6) is 0.286. The number of carbonyl (C=O) groups excluding carboxylic acids is 2. The Morgan fingerprint density at radius 1 is 1.16 bits per heavy atom. The molecule has 3 aromatic heterocycles. The lowest BCUT2D eigenvalue weighted by Crippen LogP contribution is -2.25. The lowest BCUT2D eigenvalue weighted by atomic mass is 10.2. The highest BCUT2D eigenvalue weighted by Gasteiger charge is 2.19. The topological polar surface area (TPSA) is 103 Å². The van der Waals surface area contributed by atoms with E-state index in [0.717, 1.165) is 16.4 Å². The Morgan fingerprint density at radius 2 is 1.94 bits per heavy atom. The van der Waals surface area contributed by atoms with Gasteiger partial charge in [0.05, 0.1) is 22.9 Å². The van der Waals surface area contributed by atoms with Crippen molar-refractivity contribution < 1.29 is 14.0 Å². The molecule has 10 heteroatoms. The van der Waals surface area contributed by atoms with Crippen molar-refractivity contribution in [2.75, 3.05) is 11.2 Å². The second kappa shape index (κ2) is 9.49. The molecule has 3 heterocycles. The number of benzene rings is 1. The van der Waals surface area contributed by atoms with Crippen LogP contribution in [0.2, 0.25) is 0 Å². The molecule has 0 bridgehead atoms. The maximum Gasteiger partial charge on any atom is 0.277 e. The van der Waals surface area contributed by atoms with E-state index in [9.17, 15) is 9.59 Å². The van der Waals surface area contributed by atoms with Crippen LogP contribution in [0.4, 0.5) is 0 Å². The first-order valence-corrected chi connectivity index (χ1v) is 11.7. The van der Waals surface area contributed by atoms with E-state index in [0.29, 0.717) is 34.4 Å². The second-order valence-corrected chi connectivity index (χ2v) is 9.12. The number of amides is 1. The molecule has 164 valence electrons. The predicted molar refractivity (Wildman–Crippen MR) is 123 cm³/mol. The number of nitrogens with one attached hydrogen (secondary N) is 1. The molecular weight excluding hydrogens is 446 g/mol. The van der Waals surface area contributed by atoms with Crippen molar-refractivity contribution in [1.29, 1.82) is 0 Å². The van der Waals surface area contributed by atoms with Gasteiger partial charge in [0.1, 0.15) is 0 Å². The van der Waals surface area contributed by atoms with Crippen LogP contribution in [0.1, 0.15) is 48.7 Å². The monoisotopic (exact) mass is 467 g/mol. The summed E-state index contributed by atoms with van der Waals surface area (Å²) in [6.45, 7) is 5.59. The van der Waals surface area contributed by atoms with Crippen molar-refractivity contribution in [3.8, 4) is 0 Å². The molecule has 1 amide bonds. The molecule has 1 N–H and O–H groups in total. The predicted octanol–water partition coefficient (Wildman–Crippen LogP) is 4.20. The maximum absolute atomic E-state index is 12.8. The number of thiazole rings is 1. The van der Waals surface area contributed by atoms with E-state index in [1.165, 1.54) is 11.8 Å². The van der Waals surface area contributed by atoms with Gasteiger partial charge in [-0.05, 0) is 39.0 Å². The standard InChI is InChI=1S/C22H21N5O3S2/c1-13-9-18(14(2)27(13)26-21(29)16-7-5-4-6-8-16)19(28)12-32-22-25-24-20(30-22)10-17-11-31-15(3)23-17/h4-9,11H,10,12H2,1-3H3,(H,26,29). The number of nitrogens with zero attached hydrogens (tertiary/aromatic N) is 4. The van der Waals surface area contributed by atoms with Gasteiger partial charge in [-0.15, -0.1) is 21.5 Å². The molecule has 4 rings (SSSR count). The van der Waals surface area contributed by atoms with E-state index >= 15 is 0 Å². The lowest BCUT2D eigenvalue weighted by molar-refractivity contribution is 0.0999. The summed E-state index contributed by atoms with van der Waals surface area (Å²) in [4.78, 5) is 29.7. The van der Waals surface area contributed by atoms with Gasteiger partial charge in [-0.25, -0.2) is 4.98 Å². The van der Waals surface area contributed by atoms with Crippen LogP contribution in [0.5, 0.6) is 0 Å². The first kappa shape index (κ1) is 22.0. The highest BCUT2D eigenvalue weighted by Crippen LogP contribution is 2.22. The zero-order chi connectivity index (χ0) is 22.7. The van der Waals surface area contributed by atoms with Gasteiger partial charge in [-0.2, -0.15) is 0 Å². The summed E-state index contributed by atoms with van der Waals surface area (Å²) in [6, 6.07) is 10.7. The maximum atomic E-state index is 12.8. The third-order valence-electron chi connectivity index (χ3n) is 4.75. The summed E-state index contributed by atoms with van der Waals surface area (Å²) < 4.78 is 7.27. The third kappa shape index (κ3) is 4.97. The number of aromatic nitrogens is 4. The molecule has 0 aliphatic heterocycles. The van der Waals surface area contributed by atoms with Gasteiger partial charge in [0.15, 0.2) is 5.78 Å². The Balaban J connectivity index is 1.39. The summed E-state index contributed by atoms with van der Waals surface area (Å²) in [5.41, 5.74) is 6.25. The smallest absolute Gasteiger partial charge is 0.277 e. The third-order valence-corrected chi connectivity index (χ3v) is 6.40. The van der Waals surface area contributed by atoms with Gasteiger partial charge < -0.3 is 4.42 Å². The molecule has 32 heavy (non-hydrogen) atoms. The molecule has 0 saturated carbocycles. The zero-order valence-corrected chi connectivity index (χ0v) is 19.4. The van der Waals surface area contributed by atoms with Crippen LogP contribution in [0.25, 0.3) is 0 Å². The van der Waals surface area contributed by atoms with Gasteiger partial charge in [0.25, 0.3) is 11.1 Å². The highest BCUT2D eigenvalue weighted by atomic mass is 32.2. The van der Waals surface area contributed by atoms with Gasteiger partial charge >= 0.3 is 0 Å². The molecule has 0 fully saturated rings. The van der Waals surface area contributed by atoms with Crippen molar-refractivity contribution in [3.63, 3.8) is 0 Å². The molecule has 0 spiro atoms. The Hall–Kier alpha value is -3.24. The van der Waals surface area contributed by atoms with Gasteiger partial charge in [0.2, 0.25) is 5.89 Å². The molecule has 0 atom stereocenters. The van der Waals surface area contributed by atoms with Crippen molar-refractivity contribution in [2.24, 2.45) is 0 Å². The quantitative estimate of drug-likeness (QED) is 0.306. The van der Waals surface area contributed by atoms with Crippen LogP contribution in [0.15, 0.2) is 51.4 Å². The number of rotatable bonds is 8. The van der Waals surface area contributed by atoms with Crippen molar-refractivity contribution in [1.82, 2.24) is 19.9 Å². The molecule has 0 radical (unpaired) electrons. The Labute approximate surface area is 193 Å². The number of carbonyl (C=O) groups is 2. The first-order chi connectivity index (χ1) is 15.4. The summed E-state index contributed by atoms with van der Waals surface area (Å²) >= 11 is 2.76. The second-order valence-electron chi connectivity index (χ2n) is 7.14. The number of aryl methyl sites for hydroxylation is 2. The molecule has 4 aromatic rings. The van der Waals surface area contributed by atoms with Crippen molar-refractivity contribution >= 4 is 34.8 Å². The van der Waals surface area contributed by atoms with Crippen LogP contribution >= 0.6 is 23.1 Å². The Morgan fingerprint density at radius 3 is 2.66 bits per heavy atom. The molecule has 0 aliphatic carbocycles. The normalized spacial score (nSPS) is 11.0. The minimum absolute atomic E-state index is 0.0850. The lowest BCUT2D eigenvalue weighted by Gasteiger charge is -2.11. The van der Waals surface area contributed by atoms with E-state index in [2.05, 4.69) is 20.6 Å². The fourth-order valence-corrected chi connectivity index (χ4v) is 4.47. The number of hydrogen-bond donors (Lipinski definition) is 1. The summed E-state index contributed by atoms with van der Waals surface area (Å²) in [5, 5.41) is 11.3. The number of ketones is 1. The molecule has 8 nitrogen and oxygen atoms in total. The van der Waals surface area contributed by atoms with E-state index in [-0.39, 0.29) is 17.4 Å². The fourth-order valence-electron chi connectivity index (χ4n) is 3.19. The minimum Gasteiger partial charge on any atom is -0.416 e. The van der Waals surface area contributed by atoms with Crippen LogP contribution in [0, 0.1) is 20.8 Å². The number of Topliss-reactive ketones (excluding diaryl/α,β-unsaturated/α-hetero) is 1. The van der Waals surface area contributed by atoms with Gasteiger partial charge in [-0.3, -0.25) is 19.7 Å². The minimum atomic E-state index is -0.241. The number of thioether (sulfide) groups is 1.